The fourth-order valence-electron chi connectivity index (χ4n) is 3.91. The maximum absolute atomic E-state index is 4.74. The van der Waals surface area contributed by atoms with E-state index in [0.29, 0.717) is 6.04 Å². The number of hydrogen-bond donors (Lipinski definition) is 0. The Morgan fingerprint density at radius 1 is 0.483 bits per heavy atom. The van der Waals surface area contributed by atoms with E-state index < -0.39 is 0 Å². The Hall–Kier alpha value is -0.620. The smallest absolute Gasteiger partial charge is 0.0895 e. The molecule has 0 aromatic carbocycles. The number of unbranched alkanes of at least 4 members (excludes halogenated alkanes) is 16. The molecule has 0 aromatic heterocycles. The van der Waals surface area contributed by atoms with Gasteiger partial charge in [-0.15, -0.1) is 0 Å². The van der Waals surface area contributed by atoms with Crippen LogP contribution in [-0.4, -0.2) is 18.6 Å². The van der Waals surface area contributed by atoms with Gasteiger partial charge in [-0.25, -0.2) is 9.98 Å². The topological polar surface area (TPSA) is 24.7 Å². The predicted molar refractivity (Wildman–Crippen MR) is 132 cm³/mol. The van der Waals surface area contributed by atoms with Crippen molar-refractivity contribution in [3.8, 4) is 0 Å². The van der Waals surface area contributed by atoms with Crippen molar-refractivity contribution in [3.63, 3.8) is 0 Å². The van der Waals surface area contributed by atoms with Crippen LogP contribution in [0, 0.1) is 0 Å². The van der Waals surface area contributed by atoms with Crippen molar-refractivity contribution in [2.75, 3.05) is 6.54 Å². The Kier molecular flexibility index (Phi) is 24.9. The van der Waals surface area contributed by atoms with E-state index >= 15 is 0 Å². The molecule has 0 aliphatic heterocycles. The van der Waals surface area contributed by atoms with E-state index in [9.17, 15) is 0 Å². The largest absolute Gasteiger partial charge is 0.226 e. The Morgan fingerprint density at radius 3 is 1.31 bits per heavy atom. The van der Waals surface area contributed by atoms with Gasteiger partial charge in [0.25, 0.3) is 0 Å². The van der Waals surface area contributed by atoms with Crippen LogP contribution in [0.3, 0.4) is 0 Å². The molecule has 0 N–H and O–H groups in total. The monoisotopic (exact) mass is 406 g/mol. The molecule has 0 radical (unpaired) electrons. The Morgan fingerprint density at radius 2 is 0.862 bits per heavy atom. The molecule has 0 saturated heterocycles. The Labute approximate surface area is 184 Å². The summed E-state index contributed by atoms with van der Waals surface area (Å²) in [4.78, 5) is 9.19. The molecule has 0 heterocycles. The molecule has 0 amide bonds. The van der Waals surface area contributed by atoms with Crippen LogP contribution in [0.5, 0.6) is 0 Å². The predicted octanol–water partition coefficient (Wildman–Crippen LogP) is 9.78. The van der Waals surface area contributed by atoms with Gasteiger partial charge in [0.2, 0.25) is 0 Å². The molecule has 172 valence electrons. The second kappa shape index (κ2) is 25.4. The zero-order valence-corrected chi connectivity index (χ0v) is 20.5. The highest BCUT2D eigenvalue weighted by molar-refractivity contribution is 5.41. The number of hydrogen-bond acceptors (Lipinski definition) is 2. The molecule has 0 fully saturated rings. The van der Waals surface area contributed by atoms with Gasteiger partial charge in [-0.2, -0.15) is 0 Å². The van der Waals surface area contributed by atoms with Crippen molar-refractivity contribution in [2.24, 2.45) is 9.98 Å². The summed E-state index contributed by atoms with van der Waals surface area (Å²) in [5.74, 6) is 0. The van der Waals surface area contributed by atoms with E-state index in [2.05, 4.69) is 31.8 Å². The molecule has 2 heteroatoms. The van der Waals surface area contributed by atoms with Gasteiger partial charge in [-0.1, -0.05) is 136 Å². The van der Waals surface area contributed by atoms with Crippen LogP contribution in [0.1, 0.15) is 156 Å². The molecule has 0 spiro atoms. The summed E-state index contributed by atoms with van der Waals surface area (Å²) >= 11 is 0. The van der Waals surface area contributed by atoms with Crippen LogP contribution < -0.4 is 0 Å². The quantitative estimate of drug-likeness (QED) is 0.119. The van der Waals surface area contributed by atoms with Gasteiger partial charge in [0.1, 0.15) is 0 Å². The summed E-state index contributed by atoms with van der Waals surface area (Å²) in [6.45, 7) is 7.77. The minimum Gasteiger partial charge on any atom is -0.226 e. The van der Waals surface area contributed by atoms with Gasteiger partial charge in [-0.05, 0) is 19.3 Å². The third-order valence-electron chi connectivity index (χ3n) is 5.97. The van der Waals surface area contributed by atoms with E-state index in [1.165, 1.54) is 135 Å². The first-order valence-electron chi connectivity index (χ1n) is 13.5. The molecular formula is C27H54N2. The highest BCUT2D eigenvalue weighted by Crippen LogP contribution is 2.16. The van der Waals surface area contributed by atoms with E-state index in [4.69, 9.17) is 4.99 Å². The first-order valence-corrected chi connectivity index (χ1v) is 13.5. The first-order chi connectivity index (χ1) is 14.3. The Balaban J connectivity index is 4.03. The van der Waals surface area contributed by atoms with Crippen molar-refractivity contribution in [1.29, 1.82) is 0 Å². The summed E-state index contributed by atoms with van der Waals surface area (Å²) in [7, 11) is 0. The zero-order chi connectivity index (χ0) is 21.3. The van der Waals surface area contributed by atoms with Gasteiger partial charge in [0.05, 0.1) is 12.1 Å². The molecule has 0 aliphatic rings. The Bertz CT molecular complexity index is 358. The van der Waals surface area contributed by atoms with Gasteiger partial charge in [0.15, 0.2) is 0 Å². The van der Waals surface area contributed by atoms with Crippen LogP contribution in [0.4, 0.5) is 0 Å². The number of nitrogens with zero attached hydrogens (tertiary/aromatic N) is 2. The van der Waals surface area contributed by atoms with E-state index in [1.807, 2.05) is 0 Å². The van der Waals surface area contributed by atoms with Crippen LogP contribution in [0.15, 0.2) is 9.98 Å². The molecular weight excluding hydrogens is 352 g/mol. The lowest BCUT2D eigenvalue weighted by molar-refractivity contribution is 0.485. The maximum Gasteiger partial charge on any atom is 0.0895 e. The number of aliphatic imine (C=N–C) groups is 2. The molecule has 1 unspecified atom stereocenters. The van der Waals surface area contributed by atoms with Crippen LogP contribution in [-0.2, 0) is 0 Å². The minimum absolute atomic E-state index is 0.463. The van der Waals surface area contributed by atoms with E-state index in [-0.39, 0.29) is 0 Å². The SMILES string of the molecule is CCCCCCCCCC(CCCCCCCC)N=C=NCCCCCCCC. The lowest BCUT2D eigenvalue weighted by atomic mass is 10.0. The van der Waals surface area contributed by atoms with E-state index in [1.54, 1.807) is 0 Å². The average Bonchev–Trinajstić information content (AvgIpc) is 2.73. The van der Waals surface area contributed by atoms with Gasteiger partial charge < -0.3 is 0 Å². The molecule has 2 nitrogen and oxygen atoms in total. The zero-order valence-electron chi connectivity index (χ0n) is 20.5. The molecule has 1 atom stereocenters. The van der Waals surface area contributed by atoms with Crippen molar-refractivity contribution >= 4 is 6.01 Å². The molecule has 0 bridgehead atoms. The van der Waals surface area contributed by atoms with Crippen LogP contribution in [0.2, 0.25) is 0 Å². The van der Waals surface area contributed by atoms with Crippen LogP contribution in [0.25, 0.3) is 0 Å². The van der Waals surface area contributed by atoms with Gasteiger partial charge in [-0.3, -0.25) is 0 Å². The summed E-state index contributed by atoms with van der Waals surface area (Å²) < 4.78 is 0. The second-order valence-corrected chi connectivity index (χ2v) is 9.00. The lowest BCUT2D eigenvalue weighted by Gasteiger charge is -2.11. The summed E-state index contributed by atoms with van der Waals surface area (Å²) in [6, 6.07) is 3.53. The molecule has 29 heavy (non-hydrogen) atoms. The van der Waals surface area contributed by atoms with Crippen LogP contribution >= 0.6 is 0 Å². The lowest BCUT2D eigenvalue weighted by Crippen LogP contribution is -2.04. The summed E-state index contributed by atoms with van der Waals surface area (Å²) in [5, 5.41) is 0. The standard InChI is InChI=1S/C27H54N2/c1-4-7-10-13-16-18-21-24-27(23-20-17-14-11-8-5-2)29-26-28-25-22-19-15-12-9-6-3/h27H,4-25H2,1-3H3. The molecule has 0 aliphatic carbocycles. The third kappa shape index (κ3) is 23.5. The van der Waals surface area contributed by atoms with Gasteiger partial charge in [0, 0.05) is 6.54 Å². The van der Waals surface area contributed by atoms with Crippen molar-refractivity contribution in [1.82, 2.24) is 0 Å². The van der Waals surface area contributed by atoms with Crippen molar-refractivity contribution < 1.29 is 0 Å². The molecule has 0 rings (SSSR count). The fourth-order valence-corrected chi connectivity index (χ4v) is 3.91. The normalized spacial score (nSPS) is 12.0. The minimum atomic E-state index is 0.463. The summed E-state index contributed by atoms with van der Waals surface area (Å²) in [6.07, 6.45) is 28.3. The van der Waals surface area contributed by atoms with Crippen molar-refractivity contribution in [2.45, 2.75) is 162 Å². The van der Waals surface area contributed by atoms with Gasteiger partial charge >= 0.3 is 0 Å². The number of rotatable bonds is 23. The third-order valence-corrected chi connectivity index (χ3v) is 5.97. The first kappa shape index (κ1) is 28.4. The fraction of sp³-hybridized carbons (Fsp3) is 0.963. The summed E-state index contributed by atoms with van der Waals surface area (Å²) in [5.41, 5.74) is 0. The molecule has 0 aromatic rings. The maximum atomic E-state index is 4.74. The molecule has 0 saturated carbocycles. The van der Waals surface area contributed by atoms with E-state index in [0.717, 1.165) is 6.54 Å². The van der Waals surface area contributed by atoms with Crippen molar-refractivity contribution in [3.05, 3.63) is 0 Å². The highest BCUT2D eigenvalue weighted by atomic mass is 14.8. The second-order valence-electron chi connectivity index (χ2n) is 9.00. The average molecular weight is 407 g/mol. The highest BCUT2D eigenvalue weighted by Gasteiger charge is 2.06.